The summed E-state index contributed by atoms with van der Waals surface area (Å²) < 4.78 is 27.1. The number of hydrogen-bond donors (Lipinski definition) is 2. The van der Waals surface area contributed by atoms with Crippen molar-refractivity contribution in [2.24, 2.45) is 0 Å². The molecule has 2 nitrogen and oxygen atoms in total. The minimum Gasteiger partial charge on any atom is -0.399 e. The van der Waals surface area contributed by atoms with E-state index in [0.717, 1.165) is 31.4 Å². The van der Waals surface area contributed by atoms with E-state index in [9.17, 15) is 8.78 Å². The van der Waals surface area contributed by atoms with Crippen molar-refractivity contribution in [1.82, 2.24) is 0 Å². The molecule has 2 atom stereocenters. The zero-order chi connectivity index (χ0) is 12.4. The van der Waals surface area contributed by atoms with Gasteiger partial charge in [-0.2, -0.15) is 11.8 Å². The third kappa shape index (κ3) is 2.83. The van der Waals surface area contributed by atoms with Crippen molar-refractivity contribution in [2.45, 2.75) is 30.6 Å². The predicted octanol–water partition coefficient (Wildman–Crippen LogP) is 3.24. The molecule has 94 valence electrons. The summed E-state index contributed by atoms with van der Waals surface area (Å²) in [6.07, 6.45) is 5.06. The fourth-order valence-electron chi connectivity index (χ4n) is 2.22. The molecule has 2 unspecified atom stereocenters. The Balaban J connectivity index is 2.09. The maximum absolute atomic E-state index is 13.6. The molecule has 0 amide bonds. The van der Waals surface area contributed by atoms with E-state index in [1.165, 1.54) is 0 Å². The van der Waals surface area contributed by atoms with E-state index in [4.69, 9.17) is 5.73 Å². The van der Waals surface area contributed by atoms with Crippen molar-refractivity contribution in [3.8, 4) is 0 Å². The average molecular weight is 258 g/mol. The molecule has 1 fully saturated rings. The number of thioether (sulfide) groups is 1. The van der Waals surface area contributed by atoms with Gasteiger partial charge in [0.05, 0.1) is 0 Å². The van der Waals surface area contributed by atoms with Crippen LogP contribution in [0.25, 0.3) is 0 Å². The van der Waals surface area contributed by atoms with Crippen LogP contribution in [0, 0.1) is 11.6 Å². The molecule has 0 saturated heterocycles. The lowest BCUT2D eigenvalue weighted by Crippen LogP contribution is -2.18. The first-order valence-corrected chi connectivity index (χ1v) is 6.92. The summed E-state index contributed by atoms with van der Waals surface area (Å²) in [5.74, 6) is -1.23. The van der Waals surface area contributed by atoms with Gasteiger partial charge in [0, 0.05) is 17.0 Å². The van der Waals surface area contributed by atoms with E-state index in [-0.39, 0.29) is 17.4 Å². The monoisotopic (exact) mass is 258 g/mol. The van der Waals surface area contributed by atoms with Crippen molar-refractivity contribution in [3.63, 3.8) is 0 Å². The Hall–Kier alpha value is -0.970. The molecule has 2 rings (SSSR count). The maximum Gasteiger partial charge on any atom is 0.151 e. The Bertz CT molecular complexity index is 388. The quantitative estimate of drug-likeness (QED) is 0.817. The number of nitrogens with one attached hydrogen (secondary N) is 1. The molecule has 3 N–H and O–H groups in total. The highest BCUT2D eigenvalue weighted by Crippen LogP contribution is 2.32. The molecule has 0 heterocycles. The van der Waals surface area contributed by atoms with Gasteiger partial charge in [-0.1, -0.05) is 0 Å². The van der Waals surface area contributed by atoms with Crippen molar-refractivity contribution >= 4 is 23.1 Å². The Labute approximate surface area is 104 Å². The van der Waals surface area contributed by atoms with Gasteiger partial charge in [-0.15, -0.1) is 0 Å². The summed E-state index contributed by atoms with van der Waals surface area (Å²) in [5, 5.41) is 3.54. The largest absolute Gasteiger partial charge is 0.399 e. The molecular formula is C12H16F2N2S. The van der Waals surface area contributed by atoms with Crippen molar-refractivity contribution < 1.29 is 8.78 Å². The fraction of sp³-hybridized carbons (Fsp3) is 0.500. The highest BCUT2D eigenvalue weighted by atomic mass is 32.2. The van der Waals surface area contributed by atoms with E-state index in [1.807, 2.05) is 11.8 Å². The summed E-state index contributed by atoms with van der Waals surface area (Å²) in [7, 11) is 0. The van der Waals surface area contributed by atoms with Crippen molar-refractivity contribution in [3.05, 3.63) is 23.8 Å². The topological polar surface area (TPSA) is 38.0 Å². The molecule has 0 aromatic heterocycles. The summed E-state index contributed by atoms with van der Waals surface area (Å²) in [4.78, 5) is 0. The van der Waals surface area contributed by atoms with E-state index < -0.39 is 11.6 Å². The van der Waals surface area contributed by atoms with Gasteiger partial charge in [0.2, 0.25) is 0 Å². The highest BCUT2D eigenvalue weighted by molar-refractivity contribution is 7.99. The van der Waals surface area contributed by atoms with Crippen LogP contribution in [0.5, 0.6) is 0 Å². The third-order valence-corrected chi connectivity index (χ3v) is 4.23. The van der Waals surface area contributed by atoms with Crippen LogP contribution in [0.2, 0.25) is 0 Å². The lowest BCUT2D eigenvalue weighted by Gasteiger charge is -2.16. The number of rotatable bonds is 3. The SMILES string of the molecule is CSC1CCC(Nc2c(F)cc(N)cc2F)C1. The lowest BCUT2D eigenvalue weighted by molar-refractivity contribution is 0.582. The zero-order valence-electron chi connectivity index (χ0n) is 9.67. The van der Waals surface area contributed by atoms with Gasteiger partial charge in [-0.25, -0.2) is 8.78 Å². The predicted molar refractivity (Wildman–Crippen MR) is 69.3 cm³/mol. The minimum absolute atomic E-state index is 0.0500. The van der Waals surface area contributed by atoms with E-state index in [2.05, 4.69) is 11.6 Å². The van der Waals surface area contributed by atoms with Gasteiger partial charge in [0.1, 0.15) is 5.69 Å². The summed E-state index contributed by atoms with van der Waals surface area (Å²) >= 11 is 1.81. The summed E-state index contributed by atoms with van der Waals surface area (Å²) in [6, 6.07) is 2.44. The van der Waals surface area contributed by atoms with Crippen LogP contribution in [0.3, 0.4) is 0 Å². The van der Waals surface area contributed by atoms with Gasteiger partial charge in [0.15, 0.2) is 11.6 Å². The Kier molecular flexibility index (Phi) is 3.76. The van der Waals surface area contributed by atoms with Crippen molar-refractivity contribution in [1.29, 1.82) is 0 Å². The van der Waals surface area contributed by atoms with E-state index in [0.29, 0.717) is 5.25 Å². The molecule has 1 aromatic carbocycles. The zero-order valence-corrected chi connectivity index (χ0v) is 10.5. The molecule has 1 saturated carbocycles. The molecule has 1 aliphatic carbocycles. The number of benzene rings is 1. The smallest absolute Gasteiger partial charge is 0.151 e. The van der Waals surface area contributed by atoms with Gasteiger partial charge < -0.3 is 11.1 Å². The number of halogens is 2. The first-order valence-electron chi connectivity index (χ1n) is 5.64. The number of nitrogens with two attached hydrogens (primary N) is 1. The molecule has 1 aliphatic rings. The maximum atomic E-state index is 13.6. The van der Waals surface area contributed by atoms with Crippen LogP contribution in [-0.4, -0.2) is 17.5 Å². The highest BCUT2D eigenvalue weighted by Gasteiger charge is 2.25. The van der Waals surface area contributed by atoms with E-state index >= 15 is 0 Å². The van der Waals surface area contributed by atoms with Crippen LogP contribution in [0.1, 0.15) is 19.3 Å². The molecular weight excluding hydrogens is 242 g/mol. The van der Waals surface area contributed by atoms with Gasteiger partial charge in [0.25, 0.3) is 0 Å². The van der Waals surface area contributed by atoms with Gasteiger partial charge in [-0.05, 0) is 37.7 Å². The Morgan fingerprint density at radius 2 is 1.94 bits per heavy atom. The Morgan fingerprint density at radius 3 is 2.47 bits per heavy atom. The van der Waals surface area contributed by atoms with Crippen molar-refractivity contribution in [2.75, 3.05) is 17.3 Å². The van der Waals surface area contributed by atoms with Gasteiger partial charge in [-0.3, -0.25) is 0 Å². The number of hydrogen-bond acceptors (Lipinski definition) is 3. The number of nitrogen functional groups attached to an aromatic ring is 1. The first-order chi connectivity index (χ1) is 8.10. The van der Waals surface area contributed by atoms with Crippen LogP contribution >= 0.6 is 11.8 Å². The first kappa shape index (κ1) is 12.5. The molecule has 0 radical (unpaired) electrons. The lowest BCUT2D eigenvalue weighted by atomic mass is 10.2. The van der Waals surface area contributed by atoms with Crippen LogP contribution in [-0.2, 0) is 0 Å². The van der Waals surface area contributed by atoms with Crippen LogP contribution in [0.15, 0.2) is 12.1 Å². The van der Waals surface area contributed by atoms with E-state index in [1.54, 1.807) is 0 Å². The van der Waals surface area contributed by atoms with Crippen LogP contribution in [0.4, 0.5) is 20.2 Å². The summed E-state index contributed by atoms with van der Waals surface area (Å²) in [6.45, 7) is 0. The fourth-order valence-corrected chi connectivity index (χ4v) is 3.02. The molecule has 1 aromatic rings. The Morgan fingerprint density at radius 1 is 1.29 bits per heavy atom. The second-order valence-corrected chi connectivity index (χ2v) is 5.51. The average Bonchev–Trinajstić information content (AvgIpc) is 2.71. The van der Waals surface area contributed by atoms with Crippen LogP contribution < -0.4 is 11.1 Å². The number of anilines is 2. The molecule has 0 spiro atoms. The normalized spacial score (nSPS) is 23.9. The molecule has 5 heteroatoms. The van der Waals surface area contributed by atoms with Gasteiger partial charge >= 0.3 is 0 Å². The summed E-state index contributed by atoms with van der Waals surface area (Å²) in [5.41, 5.74) is 5.43. The standard InChI is InChI=1S/C12H16F2N2S/c1-17-9-3-2-8(6-9)16-12-10(13)4-7(15)5-11(12)14/h4-5,8-9,16H,2-3,6,15H2,1H3. The molecule has 0 aliphatic heterocycles. The molecule has 0 bridgehead atoms. The second-order valence-electron chi connectivity index (χ2n) is 4.37. The third-order valence-electron chi connectivity index (χ3n) is 3.13. The molecule has 17 heavy (non-hydrogen) atoms. The second kappa shape index (κ2) is 5.12. The minimum atomic E-state index is -0.616.